The number of H-pyrrole nitrogens is 1. The van der Waals surface area contributed by atoms with Gasteiger partial charge in [-0.3, -0.25) is 5.10 Å². The summed E-state index contributed by atoms with van der Waals surface area (Å²) >= 11 is 0. The smallest absolute Gasteiger partial charge is 0.183 e. The van der Waals surface area contributed by atoms with Gasteiger partial charge in [0.15, 0.2) is 5.82 Å². The summed E-state index contributed by atoms with van der Waals surface area (Å²) in [7, 11) is 0. The van der Waals surface area contributed by atoms with E-state index in [1.807, 2.05) is 13.0 Å². The maximum Gasteiger partial charge on any atom is 0.183 e. The van der Waals surface area contributed by atoms with Crippen molar-refractivity contribution >= 4 is 5.69 Å². The maximum absolute atomic E-state index is 4.46. The summed E-state index contributed by atoms with van der Waals surface area (Å²) in [4.78, 5) is 4.46. The minimum atomic E-state index is 0.334. The van der Waals surface area contributed by atoms with Gasteiger partial charge in [0, 0.05) is 17.3 Å². The first-order valence-electron chi connectivity index (χ1n) is 7.81. The molecular formula is C17H24N4. The van der Waals surface area contributed by atoms with Gasteiger partial charge in [-0.05, 0) is 37.3 Å². The molecule has 1 aliphatic rings. The van der Waals surface area contributed by atoms with Crippen molar-refractivity contribution in [2.24, 2.45) is 5.41 Å². The van der Waals surface area contributed by atoms with Gasteiger partial charge in [-0.15, -0.1) is 0 Å². The lowest BCUT2D eigenvalue weighted by molar-refractivity contribution is 0.217. The SMILES string of the molecule is Cc1nc(-c2ccccc2NC2CCCCC2(C)C)n[nH]1. The molecule has 1 heterocycles. The summed E-state index contributed by atoms with van der Waals surface area (Å²) in [6.07, 6.45) is 5.16. The fraction of sp³-hybridized carbons (Fsp3) is 0.529. The first-order valence-corrected chi connectivity index (χ1v) is 7.81. The summed E-state index contributed by atoms with van der Waals surface area (Å²) in [5, 5.41) is 11.0. The van der Waals surface area contributed by atoms with Crippen molar-refractivity contribution in [2.75, 3.05) is 5.32 Å². The zero-order valence-electron chi connectivity index (χ0n) is 13.1. The number of rotatable bonds is 3. The largest absolute Gasteiger partial charge is 0.381 e. The Morgan fingerprint density at radius 2 is 2.05 bits per heavy atom. The van der Waals surface area contributed by atoms with E-state index in [4.69, 9.17) is 0 Å². The third-order valence-corrected chi connectivity index (χ3v) is 4.60. The quantitative estimate of drug-likeness (QED) is 0.889. The molecular weight excluding hydrogens is 260 g/mol. The van der Waals surface area contributed by atoms with Gasteiger partial charge in [-0.25, -0.2) is 4.98 Å². The fourth-order valence-corrected chi connectivity index (χ4v) is 3.22. The normalized spacial score (nSPS) is 21.2. The van der Waals surface area contributed by atoms with Gasteiger partial charge in [0.05, 0.1) is 0 Å². The van der Waals surface area contributed by atoms with Crippen LogP contribution >= 0.6 is 0 Å². The Labute approximate surface area is 126 Å². The van der Waals surface area contributed by atoms with Gasteiger partial charge in [-0.2, -0.15) is 5.10 Å². The summed E-state index contributed by atoms with van der Waals surface area (Å²) in [6, 6.07) is 8.83. The second-order valence-corrected chi connectivity index (χ2v) is 6.72. The first-order chi connectivity index (χ1) is 10.1. The van der Waals surface area contributed by atoms with Gasteiger partial charge >= 0.3 is 0 Å². The fourth-order valence-electron chi connectivity index (χ4n) is 3.22. The summed E-state index contributed by atoms with van der Waals surface area (Å²) in [5.41, 5.74) is 2.54. The molecule has 21 heavy (non-hydrogen) atoms. The minimum absolute atomic E-state index is 0.334. The van der Waals surface area contributed by atoms with Crippen LogP contribution in [0.25, 0.3) is 11.4 Å². The average Bonchev–Trinajstić information content (AvgIpc) is 2.88. The molecule has 3 rings (SSSR count). The molecule has 0 radical (unpaired) electrons. The maximum atomic E-state index is 4.46. The molecule has 1 saturated carbocycles. The minimum Gasteiger partial charge on any atom is -0.381 e. The standard InChI is InChI=1S/C17H24N4/c1-12-18-16(21-20-12)13-8-4-5-9-14(13)19-15-10-6-7-11-17(15,2)3/h4-5,8-9,15,19H,6-7,10-11H2,1-3H3,(H,18,20,21). The Bertz CT molecular complexity index is 615. The number of para-hydroxylation sites is 1. The van der Waals surface area contributed by atoms with E-state index in [9.17, 15) is 0 Å². The molecule has 1 aromatic heterocycles. The Hall–Kier alpha value is -1.84. The van der Waals surface area contributed by atoms with Crippen molar-refractivity contribution in [1.82, 2.24) is 15.2 Å². The zero-order valence-corrected chi connectivity index (χ0v) is 13.1. The van der Waals surface area contributed by atoms with Crippen LogP contribution in [0, 0.1) is 12.3 Å². The van der Waals surface area contributed by atoms with Crippen molar-refractivity contribution in [2.45, 2.75) is 52.5 Å². The summed E-state index contributed by atoms with van der Waals surface area (Å²) < 4.78 is 0. The molecule has 0 bridgehead atoms. The molecule has 4 heteroatoms. The monoisotopic (exact) mass is 284 g/mol. The Balaban J connectivity index is 1.89. The van der Waals surface area contributed by atoms with Gasteiger partial charge in [-0.1, -0.05) is 38.8 Å². The topological polar surface area (TPSA) is 53.6 Å². The van der Waals surface area contributed by atoms with E-state index in [0.717, 1.165) is 22.9 Å². The number of aromatic nitrogens is 3. The van der Waals surface area contributed by atoms with Crippen LogP contribution in [0.2, 0.25) is 0 Å². The number of benzene rings is 1. The van der Waals surface area contributed by atoms with Gasteiger partial charge < -0.3 is 5.32 Å². The van der Waals surface area contributed by atoms with Crippen LogP contribution in [-0.4, -0.2) is 21.2 Å². The lowest BCUT2D eigenvalue weighted by Crippen LogP contribution is -2.39. The molecule has 1 aromatic carbocycles. The van der Waals surface area contributed by atoms with E-state index < -0.39 is 0 Å². The highest BCUT2D eigenvalue weighted by Gasteiger charge is 2.32. The van der Waals surface area contributed by atoms with Gasteiger partial charge in [0.25, 0.3) is 0 Å². The Morgan fingerprint density at radius 3 is 2.76 bits per heavy atom. The van der Waals surface area contributed by atoms with E-state index in [2.05, 4.69) is 52.5 Å². The zero-order chi connectivity index (χ0) is 14.9. The van der Waals surface area contributed by atoms with Crippen molar-refractivity contribution in [3.8, 4) is 11.4 Å². The molecule has 0 amide bonds. The molecule has 0 saturated heterocycles. The predicted octanol–water partition coefficient (Wildman–Crippen LogP) is 4.16. The third kappa shape index (κ3) is 2.94. The second kappa shape index (κ2) is 5.51. The van der Waals surface area contributed by atoms with Gasteiger partial charge in [0.2, 0.25) is 0 Å². The number of aryl methyl sites for hydroxylation is 1. The highest BCUT2D eigenvalue weighted by atomic mass is 15.2. The van der Waals surface area contributed by atoms with Crippen LogP contribution in [0.5, 0.6) is 0 Å². The van der Waals surface area contributed by atoms with Crippen LogP contribution in [-0.2, 0) is 0 Å². The van der Waals surface area contributed by atoms with E-state index in [-0.39, 0.29) is 0 Å². The Morgan fingerprint density at radius 1 is 1.24 bits per heavy atom. The predicted molar refractivity (Wildman–Crippen MR) is 86.2 cm³/mol. The summed E-state index contributed by atoms with van der Waals surface area (Å²) in [5.74, 6) is 1.61. The number of nitrogens with one attached hydrogen (secondary N) is 2. The lowest BCUT2D eigenvalue weighted by atomic mass is 9.73. The van der Waals surface area contributed by atoms with E-state index in [1.165, 1.54) is 25.7 Å². The molecule has 2 aromatic rings. The van der Waals surface area contributed by atoms with Crippen LogP contribution < -0.4 is 5.32 Å². The molecule has 0 spiro atoms. The molecule has 1 atom stereocenters. The number of hydrogen-bond donors (Lipinski definition) is 2. The van der Waals surface area contributed by atoms with Gasteiger partial charge in [0.1, 0.15) is 5.82 Å². The Kier molecular flexibility index (Phi) is 3.70. The van der Waals surface area contributed by atoms with Crippen molar-refractivity contribution < 1.29 is 0 Å². The van der Waals surface area contributed by atoms with Crippen molar-refractivity contribution in [3.63, 3.8) is 0 Å². The lowest BCUT2D eigenvalue weighted by Gasteiger charge is -2.40. The summed E-state index contributed by atoms with van der Waals surface area (Å²) in [6.45, 7) is 6.66. The molecule has 1 fully saturated rings. The third-order valence-electron chi connectivity index (χ3n) is 4.60. The molecule has 1 aliphatic carbocycles. The second-order valence-electron chi connectivity index (χ2n) is 6.72. The highest BCUT2D eigenvalue weighted by molar-refractivity contribution is 5.73. The van der Waals surface area contributed by atoms with E-state index >= 15 is 0 Å². The van der Waals surface area contributed by atoms with Crippen LogP contribution in [0.1, 0.15) is 45.4 Å². The number of anilines is 1. The average molecular weight is 284 g/mol. The first kappa shape index (κ1) is 14.1. The number of nitrogens with zero attached hydrogens (tertiary/aromatic N) is 2. The number of hydrogen-bond acceptors (Lipinski definition) is 3. The molecule has 112 valence electrons. The van der Waals surface area contributed by atoms with E-state index in [0.29, 0.717) is 11.5 Å². The van der Waals surface area contributed by atoms with Crippen LogP contribution in [0.4, 0.5) is 5.69 Å². The van der Waals surface area contributed by atoms with E-state index in [1.54, 1.807) is 0 Å². The van der Waals surface area contributed by atoms with Crippen molar-refractivity contribution in [3.05, 3.63) is 30.1 Å². The van der Waals surface area contributed by atoms with Crippen molar-refractivity contribution in [1.29, 1.82) is 0 Å². The van der Waals surface area contributed by atoms with Crippen LogP contribution in [0.15, 0.2) is 24.3 Å². The molecule has 2 N–H and O–H groups in total. The molecule has 4 nitrogen and oxygen atoms in total. The highest BCUT2D eigenvalue weighted by Crippen LogP contribution is 2.38. The molecule has 0 aliphatic heterocycles. The number of aromatic amines is 1. The molecule has 1 unspecified atom stereocenters. The van der Waals surface area contributed by atoms with Crippen LogP contribution in [0.3, 0.4) is 0 Å².